The number of hydrogen-bond donors (Lipinski definition) is 2. The van der Waals surface area contributed by atoms with Gasteiger partial charge < -0.3 is 20.1 Å². The summed E-state index contributed by atoms with van der Waals surface area (Å²) in [4.78, 5) is 14.8. The molecule has 2 aliphatic heterocycles. The Balaban J connectivity index is 1.66. The van der Waals surface area contributed by atoms with Crippen LogP contribution in [0, 0.1) is 5.82 Å². The van der Waals surface area contributed by atoms with Crippen LogP contribution in [0.3, 0.4) is 0 Å². The van der Waals surface area contributed by atoms with Crippen molar-refractivity contribution in [2.24, 2.45) is 0 Å². The molecule has 1 amide bonds. The topological polar surface area (TPSA) is 62.8 Å². The number of ether oxygens (including phenoxy) is 2. The Kier molecular flexibility index (Phi) is 6.36. The molecule has 3 rings (SSSR count). The van der Waals surface area contributed by atoms with E-state index in [-0.39, 0.29) is 29.9 Å². The molecule has 2 heterocycles. The number of amides is 1. The summed E-state index contributed by atoms with van der Waals surface area (Å²) in [5.74, 6) is -0.321. The van der Waals surface area contributed by atoms with Gasteiger partial charge in [0.2, 0.25) is 5.91 Å². The molecule has 6 nitrogen and oxygen atoms in total. The van der Waals surface area contributed by atoms with Gasteiger partial charge in [0, 0.05) is 26.2 Å². The van der Waals surface area contributed by atoms with Gasteiger partial charge in [-0.15, -0.1) is 0 Å². The average Bonchev–Trinajstić information content (AvgIpc) is 2.64. The molecular weight excluding hydrogens is 325 g/mol. The van der Waals surface area contributed by atoms with Crippen molar-refractivity contribution in [3.05, 3.63) is 35.6 Å². The molecule has 2 fully saturated rings. The minimum atomic E-state index is -0.340. The van der Waals surface area contributed by atoms with E-state index in [1.807, 2.05) is 6.92 Å². The first-order valence-corrected chi connectivity index (χ1v) is 8.85. The highest BCUT2D eigenvalue weighted by atomic mass is 19.1. The average molecular weight is 351 g/mol. The smallest absolute Gasteiger partial charge is 0.239 e. The van der Waals surface area contributed by atoms with Gasteiger partial charge in [-0.05, 0) is 24.6 Å². The minimum Gasteiger partial charge on any atom is -0.379 e. The highest BCUT2D eigenvalue weighted by Gasteiger charge is 2.30. The van der Waals surface area contributed by atoms with Gasteiger partial charge in [-0.3, -0.25) is 9.69 Å². The first kappa shape index (κ1) is 18.3. The minimum absolute atomic E-state index is 0.00624. The Labute approximate surface area is 147 Å². The van der Waals surface area contributed by atoms with Gasteiger partial charge >= 0.3 is 0 Å². The van der Waals surface area contributed by atoms with Crippen molar-refractivity contribution >= 4 is 5.91 Å². The lowest BCUT2D eigenvalue weighted by Crippen LogP contribution is -2.56. The fourth-order valence-electron chi connectivity index (χ4n) is 3.37. The van der Waals surface area contributed by atoms with Gasteiger partial charge in [-0.1, -0.05) is 12.1 Å². The van der Waals surface area contributed by atoms with E-state index in [9.17, 15) is 9.18 Å². The number of rotatable bonds is 5. The molecule has 0 aliphatic carbocycles. The highest BCUT2D eigenvalue weighted by Crippen LogP contribution is 2.22. The molecule has 7 heteroatoms. The molecule has 0 aromatic heterocycles. The van der Waals surface area contributed by atoms with E-state index < -0.39 is 0 Å². The van der Waals surface area contributed by atoms with E-state index in [4.69, 9.17) is 9.47 Å². The van der Waals surface area contributed by atoms with Crippen LogP contribution < -0.4 is 10.6 Å². The van der Waals surface area contributed by atoms with E-state index in [2.05, 4.69) is 15.5 Å². The lowest BCUT2D eigenvalue weighted by atomic mass is 10.0. The molecule has 0 bridgehead atoms. The van der Waals surface area contributed by atoms with Crippen molar-refractivity contribution in [3.8, 4) is 0 Å². The van der Waals surface area contributed by atoms with Crippen LogP contribution >= 0.6 is 0 Å². The van der Waals surface area contributed by atoms with Crippen LogP contribution in [0.15, 0.2) is 24.3 Å². The van der Waals surface area contributed by atoms with E-state index in [1.165, 1.54) is 12.1 Å². The van der Waals surface area contributed by atoms with Crippen molar-refractivity contribution in [2.75, 3.05) is 46.0 Å². The van der Waals surface area contributed by atoms with Crippen LogP contribution in [0.4, 0.5) is 4.39 Å². The second-order valence-corrected chi connectivity index (χ2v) is 6.47. The quantitative estimate of drug-likeness (QED) is 0.817. The predicted octanol–water partition coefficient (Wildman–Crippen LogP) is 0.692. The summed E-state index contributed by atoms with van der Waals surface area (Å²) >= 11 is 0. The maximum absolute atomic E-state index is 13.3. The normalized spacial score (nSPS) is 26.2. The van der Waals surface area contributed by atoms with Crippen molar-refractivity contribution in [1.29, 1.82) is 0 Å². The Hall–Kier alpha value is -1.54. The number of nitrogens with zero attached hydrogens (tertiary/aromatic N) is 1. The van der Waals surface area contributed by atoms with Gasteiger partial charge in [-0.25, -0.2) is 4.39 Å². The maximum atomic E-state index is 13.3. The summed E-state index contributed by atoms with van der Waals surface area (Å²) in [6.45, 7) is 6.58. The summed E-state index contributed by atoms with van der Waals surface area (Å²) in [6, 6.07) is 6.14. The molecule has 3 atom stereocenters. The molecule has 138 valence electrons. The standard InChI is InChI=1S/C18H26FN3O3/c1-13-17(20-6-9-25-13)18(23)21-12-16(22-7-10-24-11-8-22)14-2-4-15(19)5-3-14/h2-5,13,16-17,20H,6-12H2,1H3,(H,21,23)/t13-,16?,17+/m1/s1. The molecule has 0 radical (unpaired) electrons. The number of morpholine rings is 2. The van der Waals surface area contributed by atoms with Gasteiger partial charge in [-0.2, -0.15) is 0 Å². The summed E-state index contributed by atoms with van der Waals surface area (Å²) in [5, 5.41) is 6.23. The maximum Gasteiger partial charge on any atom is 0.239 e. The van der Waals surface area contributed by atoms with Crippen LogP contribution in [0.2, 0.25) is 0 Å². The monoisotopic (exact) mass is 351 g/mol. The number of benzene rings is 1. The van der Waals surface area contributed by atoms with Gasteiger partial charge in [0.05, 0.1) is 32.0 Å². The third-order valence-corrected chi connectivity index (χ3v) is 4.81. The molecule has 2 aliphatic rings. The molecule has 1 aromatic rings. The van der Waals surface area contributed by atoms with Crippen molar-refractivity contribution in [3.63, 3.8) is 0 Å². The number of carbonyl (C=O) groups excluding carboxylic acids is 1. The van der Waals surface area contributed by atoms with Gasteiger partial charge in [0.15, 0.2) is 0 Å². The predicted molar refractivity (Wildman–Crippen MR) is 91.7 cm³/mol. The Morgan fingerprint density at radius 2 is 2.04 bits per heavy atom. The zero-order chi connectivity index (χ0) is 17.6. The number of hydrogen-bond acceptors (Lipinski definition) is 5. The zero-order valence-electron chi connectivity index (χ0n) is 14.5. The molecule has 2 saturated heterocycles. The van der Waals surface area contributed by atoms with Gasteiger partial charge in [0.25, 0.3) is 0 Å². The third kappa shape index (κ3) is 4.76. The second kappa shape index (κ2) is 8.71. The number of halogens is 1. The van der Waals surface area contributed by atoms with E-state index >= 15 is 0 Å². The fraction of sp³-hybridized carbons (Fsp3) is 0.611. The van der Waals surface area contributed by atoms with Crippen LogP contribution in [0.25, 0.3) is 0 Å². The molecule has 0 saturated carbocycles. The highest BCUT2D eigenvalue weighted by molar-refractivity contribution is 5.82. The molecule has 25 heavy (non-hydrogen) atoms. The summed E-state index contributed by atoms with van der Waals surface area (Å²) in [7, 11) is 0. The van der Waals surface area contributed by atoms with E-state index in [1.54, 1.807) is 12.1 Å². The SMILES string of the molecule is C[C@H]1OCCN[C@@H]1C(=O)NCC(c1ccc(F)cc1)N1CCOCC1. The molecule has 2 N–H and O–H groups in total. The Morgan fingerprint density at radius 3 is 2.72 bits per heavy atom. The lowest BCUT2D eigenvalue weighted by molar-refractivity contribution is -0.129. The molecular formula is C18H26FN3O3. The third-order valence-electron chi connectivity index (χ3n) is 4.81. The van der Waals surface area contributed by atoms with Gasteiger partial charge in [0.1, 0.15) is 11.9 Å². The Morgan fingerprint density at radius 1 is 1.32 bits per heavy atom. The summed E-state index contributed by atoms with van der Waals surface area (Å²) in [5.41, 5.74) is 0.990. The van der Waals surface area contributed by atoms with Crippen molar-refractivity contribution in [2.45, 2.75) is 25.1 Å². The van der Waals surface area contributed by atoms with Crippen LogP contribution in [0.1, 0.15) is 18.5 Å². The van der Waals surface area contributed by atoms with Crippen molar-refractivity contribution < 1.29 is 18.7 Å². The number of carbonyl (C=O) groups is 1. The first-order chi connectivity index (χ1) is 12.1. The molecule has 1 aromatic carbocycles. The molecule has 0 spiro atoms. The van der Waals surface area contributed by atoms with Crippen LogP contribution in [-0.2, 0) is 14.3 Å². The number of nitrogens with one attached hydrogen (secondary N) is 2. The lowest BCUT2D eigenvalue weighted by Gasteiger charge is -2.36. The summed E-state index contributed by atoms with van der Waals surface area (Å²) in [6.07, 6.45) is -0.151. The first-order valence-electron chi connectivity index (χ1n) is 8.85. The van der Waals surface area contributed by atoms with Crippen molar-refractivity contribution in [1.82, 2.24) is 15.5 Å². The Bertz CT molecular complexity index is 563. The van der Waals surface area contributed by atoms with Crippen LogP contribution in [-0.4, -0.2) is 69.0 Å². The summed E-state index contributed by atoms with van der Waals surface area (Å²) < 4.78 is 24.2. The van der Waals surface area contributed by atoms with E-state index in [0.29, 0.717) is 32.9 Å². The molecule has 1 unspecified atom stereocenters. The fourth-order valence-corrected chi connectivity index (χ4v) is 3.37. The largest absolute Gasteiger partial charge is 0.379 e. The second-order valence-electron chi connectivity index (χ2n) is 6.47. The van der Waals surface area contributed by atoms with Crippen LogP contribution in [0.5, 0.6) is 0 Å². The zero-order valence-corrected chi connectivity index (χ0v) is 14.5. The van der Waals surface area contributed by atoms with E-state index in [0.717, 1.165) is 18.7 Å².